The van der Waals surface area contributed by atoms with E-state index in [1.165, 1.54) is 41.3 Å². The molecule has 2 heterocycles. The van der Waals surface area contributed by atoms with Gasteiger partial charge in [-0.2, -0.15) is 11.8 Å². The Labute approximate surface area is 152 Å². The molecule has 3 rings (SSSR count). The van der Waals surface area contributed by atoms with E-state index in [1.54, 1.807) is 0 Å². The average molecular weight is 438 g/mol. The molecular formula is C14H23IN4S2. The molecule has 0 atom stereocenters. The molecule has 0 radical (unpaired) electrons. The molecular weight excluding hydrogens is 415 g/mol. The van der Waals surface area contributed by atoms with Crippen molar-refractivity contribution in [2.75, 3.05) is 31.1 Å². The molecule has 1 aliphatic heterocycles. The summed E-state index contributed by atoms with van der Waals surface area (Å²) in [5.41, 5.74) is 7.41. The maximum absolute atomic E-state index is 6.06. The number of aliphatic imine (C=N–C) groups is 1. The van der Waals surface area contributed by atoms with E-state index < -0.39 is 0 Å². The topological polar surface area (TPSA) is 54.5 Å². The van der Waals surface area contributed by atoms with Crippen LogP contribution in [0.15, 0.2) is 4.99 Å². The van der Waals surface area contributed by atoms with E-state index in [0.29, 0.717) is 5.96 Å². The molecule has 0 bridgehead atoms. The maximum Gasteiger partial charge on any atom is 0.191 e. The van der Waals surface area contributed by atoms with E-state index >= 15 is 0 Å². The molecule has 0 saturated carbocycles. The van der Waals surface area contributed by atoms with Crippen molar-refractivity contribution in [1.82, 2.24) is 9.88 Å². The van der Waals surface area contributed by atoms with E-state index in [1.807, 2.05) is 23.1 Å². The van der Waals surface area contributed by atoms with Crippen LogP contribution in [0.1, 0.15) is 28.4 Å². The molecule has 1 fully saturated rings. The van der Waals surface area contributed by atoms with Gasteiger partial charge in [-0.1, -0.05) is 0 Å². The third-order valence-electron chi connectivity index (χ3n) is 3.82. The van der Waals surface area contributed by atoms with E-state index in [0.717, 1.165) is 37.6 Å². The smallest absolute Gasteiger partial charge is 0.191 e. The fraction of sp³-hybridized carbons (Fsp3) is 0.714. The minimum Gasteiger partial charge on any atom is -0.370 e. The first kappa shape index (κ1) is 17.3. The molecule has 1 aromatic rings. The molecule has 21 heavy (non-hydrogen) atoms. The third-order valence-corrected chi connectivity index (χ3v) is 5.98. The molecule has 1 saturated heterocycles. The Morgan fingerprint density at radius 1 is 1.24 bits per heavy atom. The van der Waals surface area contributed by atoms with Gasteiger partial charge in [0.2, 0.25) is 0 Å². The summed E-state index contributed by atoms with van der Waals surface area (Å²) in [6.45, 7) is 2.83. The highest BCUT2D eigenvalue weighted by Crippen LogP contribution is 2.26. The molecule has 0 unspecified atom stereocenters. The van der Waals surface area contributed by atoms with Crippen LogP contribution in [0.2, 0.25) is 0 Å². The molecule has 0 spiro atoms. The van der Waals surface area contributed by atoms with Crippen LogP contribution in [0.5, 0.6) is 0 Å². The van der Waals surface area contributed by atoms with E-state index in [2.05, 4.69) is 9.89 Å². The number of hydrogen-bond acceptors (Lipinski definition) is 4. The zero-order valence-electron chi connectivity index (χ0n) is 12.2. The predicted molar refractivity (Wildman–Crippen MR) is 103 cm³/mol. The highest BCUT2D eigenvalue weighted by Gasteiger charge is 2.15. The standard InChI is InChI=1S/C14H22N4S2.HI/c15-14(18-7-9-19-10-8-18)16-6-5-13-17-11-3-1-2-4-12(11)20-13;/h1-10H2,(H2,15,16);1H. The maximum atomic E-state index is 6.06. The summed E-state index contributed by atoms with van der Waals surface area (Å²) in [5.74, 6) is 3.04. The van der Waals surface area contributed by atoms with Gasteiger partial charge in [-0.05, 0) is 25.7 Å². The number of guanidine groups is 1. The first-order chi connectivity index (χ1) is 9.83. The summed E-state index contributed by atoms with van der Waals surface area (Å²) in [6, 6.07) is 0. The van der Waals surface area contributed by atoms with Gasteiger partial charge < -0.3 is 10.6 Å². The van der Waals surface area contributed by atoms with Crippen LogP contribution < -0.4 is 5.73 Å². The van der Waals surface area contributed by atoms with Crippen LogP contribution in [-0.4, -0.2) is 47.0 Å². The third kappa shape index (κ3) is 4.72. The fourth-order valence-electron chi connectivity index (χ4n) is 2.67. The molecule has 4 nitrogen and oxygen atoms in total. The summed E-state index contributed by atoms with van der Waals surface area (Å²) in [7, 11) is 0. The number of nitrogens with zero attached hydrogens (tertiary/aromatic N) is 3. The van der Waals surface area contributed by atoms with Crippen molar-refractivity contribution in [3.8, 4) is 0 Å². The summed E-state index contributed by atoms with van der Waals surface area (Å²) < 4.78 is 0. The van der Waals surface area contributed by atoms with Crippen molar-refractivity contribution in [3.05, 3.63) is 15.6 Å². The van der Waals surface area contributed by atoms with Crippen LogP contribution in [-0.2, 0) is 19.3 Å². The van der Waals surface area contributed by atoms with Crippen molar-refractivity contribution >= 4 is 53.0 Å². The van der Waals surface area contributed by atoms with Gasteiger partial charge in [-0.25, -0.2) is 4.98 Å². The molecule has 1 aromatic heterocycles. The zero-order valence-corrected chi connectivity index (χ0v) is 16.2. The monoisotopic (exact) mass is 438 g/mol. The van der Waals surface area contributed by atoms with Crippen LogP contribution in [0.4, 0.5) is 0 Å². The van der Waals surface area contributed by atoms with Crippen LogP contribution in [0.3, 0.4) is 0 Å². The Hall–Kier alpha value is -0.0200. The Bertz CT molecular complexity index is 460. The zero-order chi connectivity index (χ0) is 13.8. The Kier molecular flexibility index (Phi) is 7.07. The number of aryl methyl sites for hydroxylation is 2. The number of fused-ring (bicyclic) bond motifs is 1. The second-order valence-corrected chi connectivity index (χ2v) is 7.67. The van der Waals surface area contributed by atoms with Gasteiger partial charge in [0.05, 0.1) is 10.7 Å². The van der Waals surface area contributed by atoms with E-state index in [9.17, 15) is 0 Å². The van der Waals surface area contributed by atoms with Crippen molar-refractivity contribution in [1.29, 1.82) is 0 Å². The second-order valence-electron chi connectivity index (χ2n) is 5.27. The Morgan fingerprint density at radius 2 is 2.00 bits per heavy atom. The second kappa shape index (κ2) is 8.57. The molecule has 7 heteroatoms. The van der Waals surface area contributed by atoms with Gasteiger partial charge in [0.1, 0.15) is 0 Å². The van der Waals surface area contributed by atoms with Gasteiger partial charge in [0, 0.05) is 42.4 Å². The number of thioether (sulfide) groups is 1. The van der Waals surface area contributed by atoms with Crippen molar-refractivity contribution < 1.29 is 0 Å². The molecule has 0 aromatic carbocycles. The number of thiazole rings is 1. The van der Waals surface area contributed by atoms with Crippen molar-refractivity contribution in [2.24, 2.45) is 10.7 Å². The lowest BCUT2D eigenvalue weighted by Crippen LogP contribution is -2.42. The Morgan fingerprint density at radius 3 is 2.76 bits per heavy atom. The largest absolute Gasteiger partial charge is 0.370 e. The van der Waals surface area contributed by atoms with Crippen molar-refractivity contribution in [2.45, 2.75) is 32.1 Å². The summed E-state index contributed by atoms with van der Waals surface area (Å²) in [5, 5.41) is 1.24. The summed E-state index contributed by atoms with van der Waals surface area (Å²) >= 11 is 3.88. The lowest BCUT2D eigenvalue weighted by atomic mass is 10.0. The molecule has 0 amide bonds. The Balaban J connectivity index is 0.00000161. The van der Waals surface area contributed by atoms with Gasteiger partial charge in [-0.15, -0.1) is 35.3 Å². The predicted octanol–water partition coefficient (Wildman–Crippen LogP) is 2.55. The highest BCUT2D eigenvalue weighted by molar-refractivity contribution is 14.0. The normalized spacial score (nSPS) is 19.0. The highest BCUT2D eigenvalue weighted by atomic mass is 127. The van der Waals surface area contributed by atoms with Crippen LogP contribution in [0.25, 0.3) is 0 Å². The molecule has 2 N–H and O–H groups in total. The average Bonchev–Trinajstić information content (AvgIpc) is 2.90. The molecule has 2 aliphatic rings. The van der Waals surface area contributed by atoms with E-state index in [-0.39, 0.29) is 24.0 Å². The van der Waals surface area contributed by atoms with E-state index in [4.69, 9.17) is 10.7 Å². The van der Waals surface area contributed by atoms with Crippen LogP contribution in [0, 0.1) is 0 Å². The van der Waals surface area contributed by atoms with Gasteiger partial charge >= 0.3 is 0 Å². The first-order valence-corrected chi connectivity index (χ1v) is 9.40. The number of rotatable bonds is 3. The molecule has 118 valence electrons. The van der Waals surface area contributed by atoms with Gasteiger partial charge in [-0.3, -0.25) is 4.99 Å². The number of halogens is 1. The quantitative estimate of drug-likeness (QED) is 0.448. The van der Waals surface area contributed by atoms with Crippen LogP contribution >= 0.6 is 47.1 Å². The fourth-order valence-corrected chi connectivity index (χ4v) is 4.72. The lowest BCUT2D eigenvalue weighted by molar-refractivity contribution is 0.456. The van der Waals surface area contributed by atoms with Gasteiger partial charge in [0.15, 0.2) is 5.96 Å². The summed E-state index contributed by atoms with van der Waals surface area (Å²) in [6.07, 6.45) is 5.95. The first-order valence-electron chi connectivity index (χ1n) is 7.43. The van der Waals surface area contributed by atoms with Gasteiger partial charge in [0.25, 0.3) is 0 Å². The SMILES string of the molecule is I.NC(=NCCc1nc2c(s1)CCCC2)N1CCSCC1. The summed E-state index contributed by atoms with van der Waals surface area (Å²) in [4.78, 5) is 13.0. The molecule has 1 aliphatic carbocycles. The number of nitrogens with two attached hydrogens (primary N) is 1. The number of aromatic nitrogens is 1. The minimum absolute atomic E-state index is 0. The lowest BCUT2D eigenvalue weighted by Gasteiger charge is -2.27. The number of hydrogen-bond donors (Lipinski definition) is 1. The van der Waals surface area contributed by atoms with Crippen molar-refractivity contribution in [3.63, 3.8) is 0 Å². The minimum atomic E-state index is 0.